The molecule has 0 radical (unpaired) electrons. The summed E-state index contributed by atoms with van der Waals surface area (Å²) >= 11 is 0. The van der Waals surface area contributed by atoms with Crippen LogP contribution in [0.5, 0.6) is 5.75 Å². The van der Waals surface area contributed by atoms with Gasteiger partial charge in [0, 0.05) is 43.8 Å². The summed E-state index contributed by atoms with van der Waals surface area (Å²) in [5, 5.41) is 13.5. The molecule has 0 bridgehead atoms. The van der Waals surface area contributed by atoms with E-state index in [-0.39, 0.29) is 5.75 Å². The highest BCUT2D eigenvalue weighted by Crippen LogP contribution is 2.35. The number of rotatable bonds is 4. The third kappa shape index (κ3) is 4.48. The van der Waals surface area contributed by atoms with Gasteiger partial charge in [0.25, 0.3) is 0 Å². The molecule has 0 atom stereocenters. The van der Waals surface area contributed by atoms with E-state index in [1.54, 1.807) is 6.07 Å². The standard InChI is InChI=1S/C25H29N5O/c31-24-15-21(28-18-30-11-5-2-6-12-30)14-23-25(24)22-8-7-20(13-19(22)16-26-23)27-17-29-9-3-1-4-10-29/h7-8,13-18,31H,1-6,9-12H2. The van der Waals surface area contributed by atoms with Crippen molar-refractivity contribution in [3.63, 3.8) is 0 Å². The Bertz CT molecular complexity index is 1130. The molecule has 2 aliphatic heterocycles. The monoisotopic (exact) mass is 415 g/mol. The van der Waals surface area contributed by atoms with Crippen molar-refractivity contribution in [3.05, 3.63) is 36.5 Å². The Labute approximate surface area is 182 Å². The number of aromatic nitrogens is 1. The summed E-state index contributed by atoms with van der Waals surface area (Å²) in [6, 6.07) is 9.73. The zero-order chi connectivity index (χ0) is 21.0. The number of hydrogen-bond acceptors (Lipinski definition) is 4. The molecule has 160 valence electrons. The molecule has 0 aliphatic carbocycles. The van der Waals surface area contributed by atoms with Gasteiger partial charge >= 0.3 is 0 Å². The summed E-state index contributed by atoms with van der Waals surface area (Å²) in [5.74, 6) is 0.214. The third-order valence-corrected chi connectivity index (χ3v) is 6.25. The van der Waals surface area contributed by atoms with Crippen molar-refractivity contribution in [2.45, 2.75) is 38.5 Å². The minimum absolute atomic E-state index is 0.214. The van der Waals surface area contributed by atoms with Crippen molar-refractivity contribution in [2.24, 2.45) is 9.98 Å². The number of pyridine rings is 1. The fraction of sp³-hybridized carbons (Fsp3) is 0.400. The third-order valence-electron chi connectivity index (χ3n) is 6.25. The minimum atomic E-state index is 0.214. The lowest BCUT2D eigenvalue weighted by atomic mass is 10.0. The molecule has 0 spiro atoms. The number of piperidine rings is 2. The first kappa shape index (κ1) is 19.8. The number of phenols is 1. The maximum Gasteiger partial charge on any atom is 0.127 e. The van der Waals surface area contributed by atoms with Crippen LogP contribution in [-0.2, 0) is 0 Å². The van der Waals surface area contributed by atoms with E-state index in [1.165, 1.54) is 38.5 Å². The SMILES string of the molecule is Oc1cc(N=CN2CCCCC2)cc2ncc3cc(N=CN4CCCCC4)ccc3c12. The maximum absolute atomic E-state index is 10.8. The summed E-state index contributed by atoms with van der Waals surface area (Å²) in [6.45, 7) is 4.27. The molecule has 0 amide bonds. The van der Waals surface area contributed by atoms with E-state index in [0.717, 1.165) is 59.2 Å². The Morgan fingerprint density at radius 1 is 0.774 bits per heavy atom. The molecule has 3 heterocycles. The molecule has 2 aromatic carbocycles. The molecule has 0 unspecified atom stereocenters. The molecule has 6 heteroatoms. The summed E-state index contributed by atoms with van der Waals surface area (Å²) in [5.41, 5.74) is 2.38. The lowest BCUT2D eigenvalue weighted by molar-refractivity contribution is 0.351. The molecule has 1 aromatic heterocycles. The second-order valence-electron chi connectivity index (χ2n) is 8.57. The smallest absolute Gasteiger partial charge is 0.127 e. The van der Waals surface area contributed by atoms with E-state index in [0.29, 0.717) is 0 Å². The van der Waals surface area contributed by atoms with Gasteiger partial charge in [-0.15, -0.1) is 0 Å². The van der Waals surface area contributed by atoms with E-state index < -0.39 is 0 Å². The zero-order valence-corrected chi connectivity index (χ0v) is 17.9. The van der Waals surface area contributed by atoms with Gasteiger partial charge in [-0.05, 0) is 62.1 Å². The fourth-order valence-corrected chi connectivity index (χ4v) is 4.52. The molecular formula is C25H29N5O. The Balaban J connectivity index is 1.42. The van der Waals surface area contributed by atoms with Crippen LogP contribution >= 0.6 is 0 Å². The highest BCUT2D eigenvalue weighted by atomic mass is 16.3. The van der Waals surface area contributed by atoms with Crippen molar-refractivity contribution in [1.82, 2.24) is 14.8 Å². The summed E-state index contributed by atoms with van der Waals surface area (Å²) in [4.78, 5) is 18.4. The van der Waals surface area contributed by atoms with E-state index in [9.17, 15) is 5.11 Å². The van der Waals surface area contributed by atoms with Gasteiger partial charge in [-0.1, -0.05) is 6.07 Å². The largest absolute Gasteiger partial charge is 0.507 e. The summed E-state index contributed by atoms with van der Waals surface area (Å²) < 4.78 is 0. The minimum Gasteiger partial charge on any atom is -0.507 e. The normalized spacial score (nSPS) is 18.1. The van der Waals surface area contributed by atoms with Crippen molar-refractivity contribution in [2.75, 3.05) is 26.2 Å². The number of likely N-dealkylation sites (tertiary alicyclic amines) is 2. The molecule has 3 aromatic rings. The first-order valence-corrected chi connectivity index (χ1v) is 11.4. The Hall–Kier alpha value is -3.15. The van der Waals surface area contributed by atoms with Crippen molar-refractivity contribution < 1.29 is 5.11 Å². The highest BCUT2D eigenvalue weighted by molar-refractivity contribution is 6.10. The van der Waals surface area contributed by atoms with Crippen LogP contribution in [-0.4, -0.2) is 58.7 Å². The highest BCUT2D eigenvalue weighted by Gasteiger charge is 2.11. The maximum atomic E-state index is 10.8. The average Bonchev–Trinajstić information content (AvgIpc) is 2.82. The number of aliphatic imine (C=N–C) groups is 2. The van der Waals surface area contributed by atoms with Crippen LogP contribution in [0.25, 0.3) is 21.7 Å². The van der Waals surface area contributed by atoms with Crippen molar-refractivity contribution in [3.8, 4) is 5.75 Å². The number of phenolic OH excluding ortho intramolecular Hbond substituents is 1. The van der Waals surface area contributed by atoms with E-state index in [2.05, 4.69) is 24.8 Å². The fourth-order valence-electron chi connectivity index (χ4n) is 4.52. The van der Waals surface area contributed by atoms with Gasteiger partial charge in [-0.25, -0.2) is 9.98 Å². The van der Waals surface area contributed by atoms with Crippen LogP contribution in [0.4, 0.5) is 11.4 Å². The lowest BCUT2D eigenvalue weighted by Crippen LogP contribution is -2.27. The molecule has 2 saturated heterocycles. The zero-order valence-electron chi connectivity index (χ0n) is 17.9. The number of aromatic hydroxyl groups is 1. The molecular weight excluding hydrogens is 386 g/mol. The molecule has 2 fully saturated rings. The van der Waals surface area contributed by atoms with E-state index >= 15 is 0 Å². The molecule has 31 heavy (non-hydrogen) atoms. The van der Waals surface area contributed by atoms with E-state index in [4.69, 9.17) is 0 Å². The molecule has 1 N–H and O–H groups in total. The molecule has 6 nitrogen and oxygen atoms in total. The Morgan fingerprint density at radius 2 is 1.42 bits per heavy atom. The van der Waals surface area contributed by atoms with Crippen molar-refractivity contribution >= 4 is 45.7 Å². The van der Waals surface area contributed by atoms with Gasteiger partial charge in [0.05, 0.1) is 35.0 Å². The number of fused-ring (bicyclic) bond motifs is 3. The van der Waals surface area contributed by atoms with Crippen LogP contribution in [0.2, 0.25) is 0 Å². The van der Waals surface area contributed by atoms with Gasteiger partial charge in [0.1, 0.15) is 5.75 Å². The van der Waals surface area contributed by atoms with Crippen LogP contribution in [0.3, 0.4) is 0 Å². The molecule has 5 rings (SSSR count). The average molecular weight is 416 g/mol. The number of nitrogens with zero attached hydrogens (tertiary/aromatic N) is 5. The van der Waals surface area contributed by atoms with E-state index in [1.807, 2.05) is 43.1 Å². The quantitative estimate of drug-likeness (QED) is 0.353. The first-order chi connectivity index (χ1) is 15.3. The Morgan fingerprint density at radius 3 is 2.10 bits per heavy atom. The van der Waals surface area contributed by atoms with Crippen LogP contribution in [0, 0.1) is 0 Å². The van der Waals surface area contributed by atoms with Gasteiger partial charge in [0.15, 0.2) is 0 Å². The van der Waals surface area contributed by atoms with Gasteiger partial charge in [-0.3, -0.25) is 4.98 Å². The van der Waals surface area contributed by atoms with Crippen LogP contribution in [0.1, 0.15) is 38.5 Å². The van der Waals surface area contributed by atoms with Crippen molar-refractivity contribution in [1.29, 1.82) is 0 Å². The molecule has 2 aliphatic rings. The molecule has 0 saturated carbocycles. The van der Waals surface area contributed by atoms with Gasteiger partial charge < -0.3 is 14.9 Å². The number of benzene rings is 2. The van der Waals surface area contributed by atoms with Gasteiger partial charge in [0.2, 0.25) is 0 Å². The van der Waals surface area contributed by atoms with Gasteiger partial charge in [-0.2, -0.15) is 0 Å². The second kappa shape index (κ2) is 8.92. The lowest BCUT2D eigenvalue weighted by Gasteiger charge is -2.23. The summed E-state index contributed by atoms with van der Waals surface area (Å²) in [6.07, 6.45) is 13.2. The second-order valence-corrected chi connectivity index (χ2v) is 8.57. The first-order valence-electron chi connectivity index (χ1n) is 11.4. The van der Waals surface area contributed by atoms with Crippen LogP contribution < -0.4 is 0 Å². The number of hydrogen-bond donors (Lipinski definition) is 1. The predicted molar refractivity (Wildman–Crippen MR) is 128 cm³/mol. The topological polar surface area (TPSA) is 64.3 Å². The predicted octanol–water partition coefficient (Wildman–Crippen LogP) is 5.39. The Kier molecular flexibility index (Phi) is 5.69. The summed E-state index contributed by atoms with van der Waals surface area (Å²) in [7, 11) is 0. The van der Waals surface area contributed by atoms with Crippen LogP contribution in [0.15, 0.2) is 46.5 Å².